The van der Waals surface area contributed by atoms with E-state index in [0.717, 1.165) is 16.3 Å². The number of fused-ring (bicyclic) bond motifs is 1. The van der Waals surface area contributed by atoms with Crippen molar-refractivity contribution in [2.75, 3.05) is 18.1 Å². The second-order valence-electron chi connectivity index (χ2n) is 7.90. The van der Waals surface area contributed by atoms with Crippen LogP contribution >= 0.6 is 0 Å². The Morgan fingerprint density at radius 2 is 1.97 bits per heavy atom. The van der Waals surface area contributed by atoms with E-state index in [0.29, 0.717) is 18.7 Å². The van der Waals surface area contributed by atoms with Crippen molar-refractivity contribution in [3.05, 3.63) is 72.2 Å². The molecule has 3 aromatic rings. The topological polar surface area (TPSA) is 79.6 Å². The molecule has 0 saturated carbocycles. The number of rotatable bonds is 7. The Kier molecular flexibility index (Phi) is 5.92. The predicted molar refractivity (Wildman–Crippen MR) is 117 cm³/mol. The SMILES string of the molecule is C[C@@H](NC(=O)CN(Cc1ccco1)[C@@H]1CCS(=O)(=O)C1)c1cccc2ccccc12. The highest BCUT2D eigenvalue weighted by atomic mass is 32.2. The lowest BCUT2D eigenvalue weighted by molar-refractivity contribution is -0.123. The molecule has 1 fully saturated rings. The fraction of sp³-hybridized carbons (Fsp3) is 0.348. The van der Waals surface area contributed by atoms with Crippen LogP contribution in [0.1, 0.15) is 30.7 Å². The van der Waals surface area contributed by atoms with Gasteiger partial charge in [-0.15, -0.1) is 0 Å². The van der Waals surface area contributed by atoms with E-state index in [4.69, 9.17) is 4.42 Å². The third-order valence-corrected chi connectivity index (χ3v) is 7.43. The zero-order chi connectivity index (χ0) is 21.1. The number of sulfone groups is 1. The fourth-order valence-corrected chi connectivity index (χ4v) is 5.92. The van der Waals surface area contributed by atoms with Gasteiger partial charge in [0.1, 0.15) is 5.76 Å². The molecule has 0 radical (unpaired) electrons. The summed E-state index contributed by atoms with van der Waals surface area (Å²) in [6, 6.07) is 17.5. The first kappa shape index (κ1) is 20.6. The molecule has 158 valence electrons. The second kappa shape index (κ2) is 8.62. The van der Waals surface area contributed by atoms with Gasteiger partial charge >= 0.3 is 0 Å². The van der Waals surface area contributed by atoms with E-state index in [9.17, 15) is 13.2 Å². The van der Waals surface area contributed by atoms with Gasteiger partial charge in [0.05, 0.1) is 36.9 Å². The van der Waals surface area contributed by atoms with Crippen LogP contribution in [0, 0.1) is 0 Å². The molecular formula is C23H26N2O4S. The summed E-state index contributed by atoms with van der Waals surface area (Å²) in [7, 11) is -3.05. The predicted octanol–water partition coefficient (Wildman–Crippen LogP) is 3.30. The van der Waals surface area contributed by atoms with Crippen molar-refractivity contribution < 1.29 is 17.6 Å². The van der Waals surface area contributed by atoms with E-state index >= 15 is 0 Å². The van der Waals surface area contributed by atoms with Gasteiger partial charge < -0.3 is 9.73 Å². The molecule has 1 aromatic heterocycles. The average Bonchev–Trinajstić information content (AvgIpc) is 3.36. The summed E-state index contributed by atoms with van der Waals surface area (Å²) in [4.78, 5) is 14.8. The first-order chi connectivity index (χ1) is 14.4. The Morgan fingerprint density at radius 3 is 2.70 bits per heavy atom. The Hall–Kier alpha value is -2.64. The van der Waals surface area contributed by atoms with Crippen LogP contribution in [0.4, 0.5) is 0 Å². The fourth-order valence-electron chi connectivity index (χ4n) is 4.16. The van der Waals surface area contributed by atoms with Crippen molar-refractivity contribution in [2.45, 2.75) is 32.0 Å². The number of carbonyl (C=O) groups is 1. The van der Waals surface area contributed by atoms with E-state index in [2.05, 4.69) is 23.5 Å². The van der Waals surface area contributed by atoms with Crippen molar-refractivity contribution in [2.24, 2.45) is 0 Å². The molecule has 7 heteroatoms. The molecule has 1 aliphatic heterocycles. The van der Waals surface area contributed by atoms with Crippen molar-refractivity contribution in [1.29, 1.82) is 0 Å². The zero-order valence-corrected chi connectivity index (χ0v) is 17.8. The highest BCUT2D eigenvalue weighted by Crippen LogP contribution is 2.24. The van der Waals surface area contributed by atoms with Gasteiger partial charge in [-0.05, 0) is 41.8 Å². The third kappa shape index (κ3) is 4.74. The molecule has 1 N–H and O–H groups in total. The molecule has 2 atom stereocenters. The van der Waals surface area contributed by atoms with E-state index < -0.39 is 9.84 Å². The van der Waals surface area contributed by atoms with Crippen LogP contribution in [0.3, 0.4) is 0 Å². The minimum Gasteiger partial charge on any atom is -0.468 e. The molecule has 1 amide bonds. The van der Waals surface area contributed by atoms with Crippen LogP contribution in [0.2, 0.25) is 0 Å². The maximum Gasteiger partial charge on any atom is 0.234 e. The van der Waals surface area contributed by atoms with Crippen molar-refractivity contribution in [3.63, 3.8) is 0 Å². The smallest absolute Gasteiger partial charge is 0.234 e. The van der Waals surface area contributed by atoms with Crippen molar-refractivity contribution in [1.82, 2.24) is 10.2 Å². The lowest BCUT2D eigenvalue weighted by Gasteiger charge is -2.27. The van der Waals surface area contributed by atoms with Crippen LogP contribution in [0.25, 0.3) is 10.8 Å². The molecule has 2 aromatic carbocycles. The molecule has 4 rings (SSSR count). The van der Waals surface area contributed by atoms with Gasteiger partial charge in [-0.2, -0.15) is 0 Å². The minimum atomic E-state index is -3.05. The molecular weight excluding hydrogens is 400 g/mol. The third-order valence-electron chi connectivity index (χ3n) is 5.68. The number of hydrogen-bond donors (Lipinski definition) is 1. The van der Waals surface area contributed by atoms with E-state index in [-0.39, 0.29) is 36.0 Å². The summed E-state index contributed by atoms with van der Waals surface area (Å²) >= 11 is 0. The van der Waals surface area contributed by atoms with Gasteiger partial charge in [0, 0.05) is 6.04 Å². The molecule has 2 heterocycles. The van der Waals surface area contributed by atoms with Crippen LogP contribution in [0.15, 0.2) is 65.3 Å². The van der Waals surface area contributed by atoms with Gasteiger partial charge in [0.15, 0.2) is 9.84 Å². The lowest BCUT2D eigenvalue weighted by atomic mass is 10.00. The number of hydrogen-bond acceptors (Lipinski definition) is 5. The number of nitrogens with one attached hydrogen (secondary N) is 1. The Balaban J connectivity index is 1.48. The maximum absolute atomic E-state index is 12.9. The molecule has 0 unspecified atom stereocenters. The largest absolute Gasteiger partial charge is 0.468 e. The number of furan rings is 1. The van der Waals surface area contributed by atoms with E-state index in [1.807, 2.05) is 42.2 Å². The quantitative estimate of drug-likeness (QED) is 0.627. The molecule has 0 aliphatic carbocycles. The van der Waals surface area contributed by atoms with Gasteiger partial charge in [-0.3, -0.25) is 9.69 Å². The Labute approximate surface area is 176 Å². The van der Waals surface area contributed by atoms with Crippen LogP contribution in [0.5, 0.6) is 0 Å². The maximum atomic E-state index is 12.9. The Bertz CT molecular complexity index is 1120. The summed E-state index contributed by atoms with van der Waals surface area (Å²) in [6.07, 6.45) is 2.12. The standard InChI is InChI=1S/C23H26N2O4S/c1-17(21-10-4-7-18-6-2-3-9-22(18)21)24-23(26)15-25(14-20-8-5-12-29-20)19-11-13-30(27,28)16-19/h2-10,12,17,19H,11,13-16H2,1H3,(H,24,26)/t17-,19-/m1/s1. The second-order valence-corrected chi connectivity index (χ2v) is 10.1. The zero-order valence-electron chi connectivity index (χ0n) is 17.0. The van der Waals surface area contributed by atoms with Gasteiger partial charge in [-0.25, -0.2) is 8.42 Å². The lowest BCUT2D eigenvalue weighted by Crippen LogP contribution is -2.43. The molecule has 0 spiro atoms. The van der Waals surface area contributed by atoms with Crippen LogP contribution < -0.4 is 5.32 Å². The molecule has 1 saturated heterocycles. The molecule has 6 nitrogen and oxygen atoms in total. The number of carbonyl (C=O) groups excluding carboxylic acids is 1. The molecule has 30 heavy (non-hydrogen) atoms. The van der Waals surface area contributed by atoms with E-state index in [1.54, 1.807) is 12.3 Å². The molecule has 1 aliphatic rings. The monoisotopic (exact) mass is 426 g/mol. The summed E-state index contributed by atoms with van der Waals surface area (Å²) in [5.74, 6) is 0.834. The number of nitrogens with zero attached hydrogens (tertiary/aromatic N) is 1. The summed E-state index contributed by atoms with van der Waals surface area (Å²) in [5, 5.41) is 5.33. The summed E-state index contributed by atoms with van der Waals surface area (Å²) in [6.45, 7) is 2.50. The first-order valence-corrected chi connectivity index (χ1v) is 12.0. The van der Waals surface area contributed by atoms with Crippen LogP contribution in [-0.2, 0) is 21.2 Å². The van der Waals surface area contributed by atoms with E-state index in [1.165, 1.54) is 0 Å². The van der Waals surface area contributed by atoms with Crippen LogP contribution in [-0.4, -0.2) is 43.3 Å². The van der Waals surface area contributed by atoms with Gasteiger partial charge in [0.25, 0.3) is 0 Å². The normalized spacial score (nSPS) is 19.2. The van der Waals surface area contributed by atoms with Crippen molar-refractivity contribution in [3.8, 4) is 0 Å². The summed E-state index contributed by atoms with van der Waals surface area (Å²) < 4.78 is 29.4. The average molecular weight is 427 g/mol. The summed E-state index contributed by atoms with van der Waals surface area (Å²) in [5.41, 5.74) is 1.06. The number of amides is 1. The van der Waals surface area contributed by atoms with Gasteiger partial charge in [-0.1, -0.05) is 42.5 Å². The van der Waals surface area contributed by atoms with Crippen molar-refractivity contribution >= 4 is 26.5 Å². The highest BCUT2D eigenvalue weighted by molar-refractivity contribution is 7.91. The molecule has 0 bridgehead atoms. The van der Waals surface area contributed by atoms with Gasteiger partial charge in [0.2, 0.25) is 5.91 Å². The Morgan fingerprint density at radius 1 is 1.17 bits per heavy atom. The number of benzene rings is 2. The minimum absolute atomic E-state index is 0.0832. The first-order valence-electron chi connectivity index (χ1n) is 10.2. The highest BCUT2D eigenvalue weighted by Gasteiger charge is 2.33.